The smallest absolute Gasteiger partial charge is 0.262 e. The number of nitrogens with one attached hydrogen (secondary N) is 1. The fourth-order valence-corrected chi connectivity index (χ4v) is 3.62. The van der Waals surface area contributed by atoms with Crippen LogP contribution in [-0.2, 0) is 10.0 Å². The van der Waals surface area contributed by atoms with Gasteiger partial charge in [-0.2, -0.15) is 0 Å². The molecule has 0 radical (unpaired) electrons. The summed E-state index contributed by atoms with van der Waals surface area (Å²) in [7, 11) is -3.74. The molecular formula is C17H15NO5S. The number of carbonyl (C=O) groups excluding carboxylic acids is 1. The number of ether oxygens (including phenoxy) is 2. The van der Waals surface area contributed by atoms with Crippen molar-refractivity contribution in [2.45, 2.75) is 17.7 Å². The number of hydrogen-bond acceptors (Lipinski definition) is 5. The SMILES string of the molecule is O=C(c1ccc(NS(=O)(=O)c2ccc3c(c2)OCO3)cc1)C1CC1. The highest BCUT2D eigenvalue weighted by atomic mass is 32.2. The van der Waals surface area contributed by atoms with E-state index in [0.29, 0.717) is 22.7 Å². The molecule has 24 heavy (non-hydrogen) atoms. The van der Waals surface area contributed by atoms with Gasteiger partial charge in [-0.3, -0.25) is 9.52 Å². The monoisotopic (exact) mass is 345 g/mol. The number of ketones is 1. The number of Topliss-reactive ketones (excluding diaryl/α,β-unsaturated/α-hetero) is 1. The van der Waals surface area contributed by atoms with E-state index in [9.17, 15) is 13.2 Å². The Morgan fingerprint density at radius 2 is 1.71 bits per heavy atom. The normalized spacial score (nSPS) is 16.0. The van der Waals surface area contributed by atoms with Crippen molar-refractivity contribution in [2.24, 2.45) is 5.92 Å². The highest BCUT2D eigenvalue weighted by Gasteiger charge is 2.30. The molecule has 0 amide bonds. The van der Waals surface area contributed by atoms with E-state index in [4.69, 9.17) is 9.47 Å². The predicted octanol–water partition coefficient (Wildman–Crippen LogP) is 2.81. The van der Waals surface area contributed by atoms with Crippen LogP contribution in [0.4, 0.5) is 5.69 Å². The van der Waals surface area contributed by atoms with Crippen LogP contribution in [0, 0.1) is 5.92 Å². The third-order valence-electron chi connectivity index (χ3n) is 4.02. The first-order chi connectivity index (χ1) is 11.5. The number of hydrogen-bond donors (Lipinski definition) is 1. The lowest BCUT2D eigenvalue weighted by Crippen LogP contribution is -2.13. The summed E-state index contributed by atoms with van der Waals surface area (Å²) in [5, 5.41) is 0. The highest BCUT2D eigenvalue weighted by molar-refractivity contribution is 7.92. The van der Waals surface area contributed by atoms with Crippen LogP contribution in [-0.4, -0.2) is 21.0 Å². The van der Waals surface area contributed by atoms with Gasteiger partial charge in [-0.15, -0.1) is 0 Å². The van der Waals surface area contributed by atoms with Gasteiger partial charge in [0.2, 0.25) is 6.79 Å². The van der Waals surface area contributed by atoms with Gasteiger partial charge in [0.15, 0.2) is 17.3 Å². The minimum atomic E-state index is -3.74. The van der Waals surface area contributed by atoms with Crippen molar-refractivity contribution in [1.29, 1.82) is 0 Å². The van der Waals surface area contributed by atoms with Crippen molar-refractivity contribution >= 4 is 21.5 Å². The zero-order valence-corrected chi connectivity index (χ0v) is 13.5. The molecule has 124 valence electrons. The third kappa shape index (κ3) is 2.82. The van der Waals surface area contributed by atoms with Crippen molar-refractivity contribution in [2.75, 3.05) is 11.5 Å². The average molecular weight is 345 g/mol. The largest absolute Gasteiger partial charge is 0.454 e. The van der Waals surface area contributed by atoms with Gasteiger partial charge in [-0.05, 0) is 49.2 Å². The van der Waals surface area contributed by atoms with E-state index >= 15 is 0 Å². The summed E-state index contributed by atoms with van der Waals surface area (Å²) < 4.78 is 37.8. The molecule has 1 fully saturated rings. The molecule has 0 aromatic heterocycles. The molecule has 4 rings (SSSR count). The average Bonchev–Trinajstić information content (AvgIpc) is 3.31. The summed E-state index contributed by atoms with van der Waals surface area (Å²) in [6.07, 6.45) is 1.88. The van der Waals surface area contributed by atoms with Crippen LogP contribution in [0.2, 0.25) is 0 Å². The van der Waals surface area contributed by atoms with Gasteiger partial charge >= 0.3 is 0 Å². The molecule has 0 unspecified atom stereocenters. The van der Waals surface area contributed by atoms with E-state index in [2.05, 4.69) is 4.72 Å². The van der Waals surface area contributed by atoms with Gasteiger partial charge in [0, 0.05) is 23.2 Å². The number of fused-ring (bicyclic) bond motifs is 1. The third-order valence-corrected chi connectivity index (χ3v) is 5.40. The molecule has 1 aliphatic carbocycles. The minimum absolute atomic E-state index is 0.0861. The van der Waals surface area contributed by atoms with E-state index < -0.39 is 10.0 Å². The Bertz CT molecular complexity index is 901. The zero-order valence-electron chi connectivity index (χ0n) is 12.7. The summed E-state index contributed by atoms with van der Waals surface area (Å²) in [6.45, 7) is 0.0861. The molecule has 0 bridgehead atoms. The summed E-state index contributed by atoms with van der Waals surface area (Å²) in [4.78, 5) is 12.1. The van der Waals surface area contributed by atoms with Crippen molar-refractivity contribution in [1.82, 2.24) is 0 Å². The van der Waals surface area contributed by atoms with E-state index in [1.807, 2.05) is 0 Å². The number of benzene rings is 2. The van der Waals surface area contributed by atoms with Crippen LogP contribution >= 0.6 is 0 Å². The maximum atomic E-state index is 12.5. The molecule has 0 saturated heterocycles. The van der Waals surface area contributed by atoms with E-state index in [0.717, 1.165) is 12.8 Å². The van der Waals surface area contributed by atoms with Gasteiger partial charge in [-0.1, -0.05) is 0 Å². The maximum Gasteiger partial charge on any atom is 0.262 e. The summed E-state index contributed by atoms with van der Waals surface area (Å²) in [6, 6.07) is 10.9. The fraction of sp³-hybridized carbons (Fsp3) is 0.235. The van der Waals surface area contributed by atoms with Gasteiger partial charge in [-0.25, -0.2) is 8.42 Å². The van der Waals surface area contributed by atoms with E-state index in [1.54, 1.807) is 30.3 Å². The number of carbonyl (C=O) groups is 1. The van der Waals surface area contributed by atoms with Crippen LogP contribution in [0.5, 0.6) is 11.5 Å². The Hall–Kier alpha value is -2.54. The standard InChI is InChI=1S/C17H15NO5S/c19-17(11-1-2-11)12-3-5-13(6-4-12)18-24(20,21)14-7-8-15-16(9-14)23-10-22-15/h3-9,11,18H,1-2,10H2. The highest BCUT2D eigenvalue weighted by Crippen LogP contribution is 2.35. The van der Waals surface area contributed by atoms with Gasteiger partial charge in [0.05, 0.1) is 4.90 Å². The molecular weight excluding hydrogens is 330 g/mol. The van der Waals surface area contributed by atoms with E-state index in [-0.39, 0.29) is 23.4 Å². The lowest BCUT2D eigenvalue weighted by atomic mass is 10.1. The molecule has 1 saturated carbocycles. The van der Waals surface area contributed by atoms with Crippen LogP contribution < -0.4 is 14.2 Å². The lowest BCUT2D eigenvalue weighted by molar-refractivity contribution is 0.0967. The second-order valence-electron chi connectivity index (χ2n) is 5.84. The maximum absolute atomic E-state index is 12.5. The summed E-state index contributed by atoms with van der Waals surface area (Å²) >= 11 is 0. The predicted molar refractivity (Wildman–Crippen MR) is 86.9 cm³/mol. The van der Waals surface area contributed by atoms with Crippen molar-refractivity contribution < 1.29 is 22.7 Å². The molecule has 2 aromatic rings. The Labute approximate surface area is 139 Å². The van der Waals surface area contributed by atoms with E-state index in [1.165, 1.54) is 12.1 Å². The number of sulfonamides is 1. The quantitative estimate of drug-likeness (QED) is 0.843. The Morgan fingerprint density at radius 3 is 2.42 bits per heavy atom. The molecule has 1 aliphatic heterocycles. The molecule has 7 heteroatoms. The van der Waals surface area contributed by atoms with Crippen molar-refractivity contribution in [3.8, 4) is 11.5 Å². The molecule has 2 aliphatic rings. The summed E-state index contributed by atoms with van der Waals surface area (Å²) in [5.41, 5.74) is 1.02. The molecule has 1 N–H and O–H groups in total. The van der Waals surface area contributed by atoms with Crippen LogP contribution in [0.3, 0.4) is 0 Å². The van der Waals surface area contributed by atoms with Crippen LogP contribution in [0.1, 0.15) is 23.2 Å². The van der Waals surface area contributed by atoms with Crippen LogP contribution in [0.25, 0.3) is 0 Å². The molecule has 0 spiro atoms. The first-order valence-corrected chi connectivity index (χ1v) is 9.08. The molecule has 0 atom stereocenters. The van der Waals surface area contributed by atoms with Gasteiger partial charge in [0.25, 0.3) is 10.0 Å². The molecule has 6 nitrogen and oxygen atoms in total. The topological polar surface area (TPSA) is 81.7 Å². The first-order valence-electron chi connectivity index (χ1n) is 7.60. The molecule has 2 aromatic carbocycles. The van der Waals surface area contributed by atoms with Gasteiger partial charge in [0.1, 0.15) is 0 Å². The Kier molecular flexibility index (Phi) is 3.45. The lowest BCUT2D eigenvalue weighted by Gasteiger charge is -2.09. The zero-order chi connectivity index (χ0) is 16.7. The van der Waals surface area contributed by atoms with Crippen molar-refractivity contribution in [3.05, 3.63) is 48.0 Å². The number of anilines is 1. The Morgan fingerprint density at radius 1 is 1.00 bits per heavy atom. The Balaban J connectivity index is 1.54. The van der Waals surface area contributed by atoms with Crippen molar-refractivity contribution in [3.63, 3.8) is 0 Å². The first kappa shape index (κ1) is 15.0. The fourth-order valence-electron chi connectivity index (χ4n) is 2.54. The summed E-state index contributed by atoms with van der Waals surface area (Å²) in [5.74, 6) is 1.20. The minimum Gasteiger partial charge on any atom is -0.454 e. The van der Waals surface area contributed by atoms with Gasteiger partial charge < -0.3 is 9.47 Å². The second-order valence-corrected chi connectivity index (χ2v) is 7.52. The number of rotatable bonds is 5. The van der Waals surface area contributed by atoms with Crippen LogP contribution in [0.15, 0.2) is 47.4 Å². The molecule has 1 heterocycles. The second kappa shape index (κ2) is 5.52.